The van der Waals surface area contributed by atoms with Crippen molar-refractivity contribution in [2.45, 2.75) is 0 Å². The lowest BCUT2D eigenvalue weighted by Crippen LogP contribution is -2.03. The first-order chi connectivity index (χ1) is 10.7. The molecule has 4 aromatic rings. The molecule has 4 aromatic carbocycles. The van der Waals surface area contributed by atoms with Gasteiger partial charge >= 0.3 is 0 Å². The third-order valence-electron chi connectivity index (χ3n) is 4.54. The normalized spacial score (nSPS) is 11.5. The van der Waals surface area contributed by atoms with Crippen molar-refractivity contribution in [3.05, 3.63) is 36.4 Å². The fraction of sp³-hybridized carbons (Fsp3) is 0.111. The summed E-state index contributed by atoms with van der Waals surface area (Å²) in [7, 11) is 3.80. The van der Waals surface area contributed by atoms with Gasteiger partial charge < -0.3 is 22.1 Å². The minimum absolute atomic E-state index is 0.778. The molecule has 4 rings (SSSR count). The topological polar surface area (TPSA) is 76.1 Å². The fourth-order valence-corrected chi connectivity index (χ4v) is 3.61. The highest BCUT2D eigenvalue weighted by molar-refractivity contribution is 6.34. The van der Waals surface area contributed by atoms with Crippen LogP contribution in [0.25, 0.3) is 32.3 Å². The van der Waals surface area contributed by atoms with Gasteiger partial charge in [0.2, 0.25) is 0 Å². The van der Waals surface area contributed by atoms with E-state index in [1.807, 2.05) is 26.2 Å². The van der Waals surface area contributed by atoms with E-state index in [0.717, 1.165) is 44.3 Å². The van der Waals surface area contributed by atoms with Gasteiger partial charge in [-0.15, -0.1) is 0 Å². The summed E-state index contributed by atoms with van der Waals surface area (Å²) in [5, 5.41) is 13.2. The second-order valence-corrected chi connectivity index (χ2v) is 5.53. The summed E-state index contributed by atoms with van der Waals surface area (Å²) in [4.78, 5) is 0. The SMILES string of the molecule is CNc1c(N)c2cccc3c(NC)c(N)c4cccc1c4c23. The molecule has 0 aromatic heterocycles. The predicted octanol–water partition coefficient (Wildman–Crippen LogP) is 3.83. The Morgan fingerprint density at radius 1 is 0.636 bits per heavy atom. The molecule has 4 nitrogen and oxygen atoms in total. The van der Waals surface area contributed by atoms with Gasteiger partial charge in [-0.1, -0.05) is 36.4 Å². The number of anilines is 4. The van der Waals surface area contributed by atoms with Crippen LogP contribution in [0.3, 0.4) is 0 Å². The Balaban J connectivity index is 2.46. The largest absolute Gasteiger partial charge is 0.397 e. The van der Waals surface area contributed by atoms with Crippen molar-refractivity contribution >= 4 is 55.1 Å². The van der Waals surface area contributed by atoms with Crippen LogP contribution in [0.15, 0.2) is 36.4 Å². The molecule has 0 spiro atoms. The van der Waals surface area contributed by atoms with E-state index in [1.165, 1.54) is 10.8 Å². The highest BCUT2D eigenvalue weighted by Crippen LogP contribution is 2.47. The number of rotatable bonds is 2. The maximum atomic E-state index is 6.43. The van der Waals surface area contributed by atoms with Gasteiger partial charge in [0.1, 0.15) is 0 Å². The molecule has 6 N–H and O–H groups in total. The predicted molar refractivity (Wildman–Crippen MR) is 98.1 cm³/mol. The summed E-state index contributed by atoms with van der Waals surface area (Å²) in [6.07, 6.45) is 0. The molecule has 110 valence electrons. The van der Waals surface area contributed by atoms with Gasteiger partial charge in [-0.05, 0) is 0 Å². The minimum atomic E-state index is 0.778. The molecule has 0 amide bonds. The molecule has 0 bridgehead atoms. The third-order valence-corrected chi connectivity index (χ3v) is 4.54. The Morgan fingerprint density at radius 2 is 1.00 bits per heavy atom. The first kappa shape index (κ1) is 12.8. The molecule has 4 heteroatoms. The smallest absolute Gasteiger partial charge is 0.0657 e. The second-order valence-electron chi connectivity index (χ2n) is 5.53. The molecule has 0 fully saturated rings. The maximum Gasteiger partial charge on any atom is 0.0657 e. The highest BCUT2D eigenvalue weighted by atomic mass is 14.9. The van der Waals surface area contributed by atoms with E-state index in [2.05, 4.69) is 34.9 Å². The molecule has 0 aliphatic heterocycles. The standard InChI is InChI=1S/C18H18N4/c1-21-17-11-7-3-6-10-13(11)14-9(15(17)19)5-4-8-12(14)18(22-2)16(10)20/h3-8,21-22H,19-20H2,1-2H3. The van der Waals surface area contributed by atoms with Crippen LogP contribution in [0.4, 0.5) is 22.7 Å². The number of nitrogen functional groups attached to an aromatic ring is 2. The molecule has 0 saturated carbocycles. The van der Waals surface area contributed by atoms with Gasteiger partial charge in [0.05, 0.1) is 22.7 Å². The Labute approximate surface area is 128 Å². The zero-order chi connectivity index (χ0) is 15.4. The van der Waals surface area contributed by atoms with E-state index >= 15 is 0 Å². The Kier molecular flexibility index (Phi) is 2.51. The van der Waals surface area contributed by atoms with Crippen molar-refractivity contribution in [3.8, 4) is 0 Å². The van der Waals surface area contributed by atoms with E-state index in [0.29, 0.717) is 0 Å². The monoisotopic (exact) mass is 290 g/mol. The van der Waals surface area contributed by atoms with E-state index in [-0.39, 0.29) is 0 Å². The van der Waals surface area contributed by atoms with Crippen LogP contribution in [-0.4, -0.2) is 14.1 Å². The average molecular weight is 290 g/mol. The van der Waals surface area contributed by atoms with Crippen LogP contribution in [0.5, 0.6) is 0 Å². The Hall–Kier alpha value is -2.88. The van der Waals surface area contributed by atoms with Crippen molar-refractivity contribution in [3.63, 3.8) is 0 Å². The summed E-state index contributed by atoms with van der Waals surface area (Å²) >= 11 is 0. The number of hydrogen-bond acceptors (Lipinski definition) is 4. The third kappa shape index (κ3) is 1.36. The average Bonchev–Trinajstić information content (AvgIpc) is 2.55. The minimum Gasteiger partial charge on any atom is -0.397 e. The van der Waals surface area contributed by atoms with Crippen LogP contribution >= 0.6 is 0 Å². The summed E-state index contributed by atoms with van der Waals surface area (Å²) in [6.45, 7) is 0. The maximum absolute atomic E-state index is 6.43. The second kappa shape index (κ2) is 4.31. The summed E-state index contributed by atoms with van der Waals surface area (Å²) < 4.78 is 0. The Morgan fingerprint density at radius 3 is 1.36 bits per heavy atom. The van der Waals surface area contributed by atoms with E-state index in [9.17, 15) is 0 Å². The van der Waals surface area contributed by atoms with E-state index in [4.69, 9.17) is 11.5 Å². The van der Waals surface area contributed by atoms with Crippen LogP contribution in [0.1, 0.15) is 0 Å². The number of benzene rings is 4. The molecule has 0 unspecified atom stereocenters. The molecule has 22 heavy (non-hydrogen) atoms. The molecular weight excluding hydrogens is 272 g/mol. The zero-order valence-electron chi connectivity index (χ0n) is 12.6. The molecule has 0 radical (unpaired) electrons. The van der Waals surface area contributed by atoms with Crippen LogP contribution in [0, 0.1) is 0 Å². The van der Waals surface area contributed by atoms with Crippen molar-refractivity contribution in [1.82, 2.24) is 0 Å². The summed E-state index contributed by atoms with van der Waals surface area (Å²) in [6, 6.07) is 12.4. The molecule has 0 aliphatic rings. The molecular formula is C18H18N4. The first-order valence-electron chi connectivity index (χ1n) is 7.32. The zero-order valence-corrected chi connectivity index (χ0v) is 12.6. The lowest BCUT2D eigenvalue weighted by molar-refractivity contribution is 1.54. The highest BCUT2D eigenvalue weighted by Gasteiger charge is 2.19. The molecule has 0 atom stereocenters. The van der Waals surface area contributed by atoms with Crippen molar-refractivity contribution in [1.29, 1.82) is 0 Å². The quantitative estimate of drug-likeness (QED) is 0.334. The van der Waals surface area contributed by atoms with Gasteiger partial charge in [0.15, 0.2) is 0 Å². The first-order valence-corrected chi connectivity index (χ1v) is 7.32. The number of nitrogens with two attached hydrogens (primary N) is 2. The van der Waals surface area contributed by atoms with Crippen molar-refractivity contribution < 1.29 is 0 Å². The summed E-state index contributed by atoms with van der Waals surface area (Å²) in [5.74, 6) is 0. The van der Waals surface area contributed by atoms with Gasteiger partial charge in [-0.3, -0.25) is 0 Å². The fourth-order valence-electron chi connectivity index (χ4n) is 3.61. The van der Waals surface area contributed by atoms with Crippen molar-refractivity contribution in [2.24, 2.45) is 0 Å². The lowest BCUT2D eigenvalue weighted by Gasteiger charge is -2.21. The van der Waals surface area contributed by atoms with Gasteiger partial charge in [0.25, 0.3) is 0 Å². The van der Waals surface area contributed by atoms with E-state index in [1.54, 1.807) is 0 Å². The van der Waals surface area contributed by atoms with Gasteiger partial charge in [-0.2, -0.15) is 0 Å². The van der Waals surface area contributed by atoms with Gasteiger partial charge in [-0.25, -0.2) is 0 Å². The molecule has 0 heterocycles. The number of hydrogen-bond donors (Lipinski definition) is 4. The molecule has 0 aliphatic carbocycles. The van der Waals surface area contributed by atoms with Gasteiger partial charge in [0, 0.05) is 46.4 Å². The van der Waals surface area contributed by atoms with Crippen LogP contribution in [-0.2, 0) is 0 Å². The molecule has 0 saturated heterocycles. The lowest BCUT2D eigenvalue weighted by atomic mass is 9.90. The van der Waals surface area contributed by atoms with Crippen molar-refractivity contribution in [2.75, 3.05) is 36.2 Å². The van der Waals surface area contributed by atoms with Crippen LogP contribution in [0.2, 0.25) is 0 Å². The van der Waals surface area contributed by atoms with Crippen LogP contribution < -0.4 is 22.1 Å². The number of nitrogens with one attached hydrogen (secondary N) is 2. The summed E-state index contributed by atoms with van der Waals surface area (Å²) in [5.41, 5.74) is 16.3. The Bertz CT molecular complexity index is 937. The van der Waals surface area contributed by atoms with E-state index < -0.39 is 0 Å².